The molecule has 12 nitrogen and oxygen atoms in total. The molecule has 0 spiro atoms. The molecule has 9 atom stereocenters. The van der Waals surface area contributed by atoms with E-state index in [9.17, 15) is 44.1 Å². The number of esters is 1. The number of carbonyl (C=O) groups is 6. The van der Waals surface area contributed by atoms with E-state index < -0.39 is 65.3 Å². The zero-order valence-electron chi connectivity index (χ0n) is 28.7. The molecule has 0 aromatic carbocycles. The standard InChI is InChI=1S/C35H52N2O10S/c1-19(2)30(31(43)36-24(32(44)45)12-15-48-5)37-27(41)8-9-28(42)47-18-26(40)35(46)14-11-23-22-7-6-20-16-21(38)10-13-33(20,3)29(22)25(39)17-34(23,35)4/h16,19,22-25,29-30,39,46H,6-15,17-18H2,1-5H3,(H,36,43)(H,37,41)(H,44,45)/t22-,23+,24-,25-,29+,30+,33-,34-,35-/m0/s1. The molecule has 13 heteroatoms. The molecular weight excluding hydrogens is 640 g/mol. The molecule has 3 fully saturated rings. The van der Waals surface area contributed by atoms with Crippen LogP contribution in [0.15, 0.2) is 11.6 Å². The number of carboxylic acids is 1. The summed E-state index contributed by atoms with van der Waals surface area (Å²) in [5, 5.41) is 37.9. The Labute approximate surface area is 286 Å². The lowest BCUT2D eigenvalue weighted by atomic mass is 9.45. The summed E-state index contributed by atoms with van der Waals surface area (Å²) in [5.74, 6) is -3.56. The highest BCUT2D eigenvalue weighted by Crippen LogP contribution is 2.67. The summed E-state index contributed by atoms with van der Waals surface area (Å²) >= 11 is 1.45. The van der Waals surface area contributed by atoms with Crippen molar-refractivity contribution in [3.05, 3.63) is 11.6 Å². The number of ketones is 2. The zero-order chi connectivity index (χ0) is 35.6. The molecule has 0 saturated heterocycles. The molecule has 4 aliphatic carbocycles. The second-order valence-electron chi connectivity index (χ2n) is 15.0. The Bertz CT molecular complexity index is 1330. The molecule has 0 unspecified atom stereocenters. The molecule has 2 amide bonds. The molecule has 0 radical (unpaired) electrons. The largest absolute Gasteiger partial charge is 0.480 e. The van der Waals surface area contributed by atoms with Gasteiger partial charge in [-0.15, -0.1) is 0 Å². The number of thioether (sulfide) groups is 1. The minimum atomic E-state index is -1.79. The number of amides is 2. The first-order valence-corrected chi connectivity index (χ1v) is 18.5. The Morgan fingerprint density at radius 2 is 1.77 bits per heavy atom. The number of hydrogen-bond donors (Lipinski definition) is 5. The summed E-state index contributed by atoms with van der Waals surface area (Å²) in [7, 11) is 0. The number of fused-ring (bicyclic) bond motifs is 5. The fourth-order valence-electron chi connectivity index (χ4n) is 9.24. The fourth-order valence-corrected chi connectivity index (χ4v) is 9.71. The second kappa shape index (κ2) is 15.0. The van der Waals surface area contributed by atoms with Crippen LogP contribution in [-0.2, 0) is 33.5 Å². The van der Waals surface area contributed by atoms with Crippen LogP contribution in [0.3, 0.4) is 0 Å². The first kappa shape index (κ1) is 38.0. The minimum Gasteiger partial charge on any atom is -0.480 e. The lowest BCUT2D eigenvalue weighted by Crippen LogP contribution is -2.62. The molecule has 0 aliphatic heterocycles. The van der Waals surface area contributed by atoms with Crippen molar-refractivity contribution in [1.82, 2.24) is 10.6 Å². The van der Waals surface area contributed by atoms with Crippen molar-refractivity contribution in [1.29, 1.82) is 0 Å². The Kier molecular flexibility index (Phi) is 11.9. The van der Waals surface area contributed by atoms with Crippen molar-refractivity contribution in [2.24, 2.45) is 34.5 Å². The van der Waals surface area contributed by atoms with Crippen molar-refractivity contribution < 1.29 is 48.8 Å². The van der Waals surface area contributed by atoms with Gasteiger partial charge in [-0.1, -0.05) is 33.3 Å². The van der Waals surface area contributed by atoms with E-state index in [0.29, 0.717) is 25.0 Å². The van der Waals surface area contributed by atoms with Crippen LogP contribution in [0.2, 0.25) is 0 Å². The smallest absolute Gasteiger partial charge is 0.326 e. The highest BCUT2D eigenvalue weighted by molar-refractivity contribution is 7.98. The number of rotatable bonds is 14. The Hall–Kier alpha value is -2.77. The van der Waals surface area contributed by atoms with Gasteiger partial charge in [-0.05, 0) is 92.1 Å². The van der Waals surface area contributed by atoms with Crippen molar-refractivity contribution in [2.45, 2.75) is 116 Å². The number of allylic oxidation sites excluding steroid dienone is 1. The maximum atomic E-state index is 13.5. The molecule has 5 N–H and O–H groups in total. The van der Waals surface area contributed by atoms with Gasteiger partial charge in [0.1, 0.15) is 17.7 Å². The van der Waals surface area contributed by atoms with Crippen LogP contribution in [-0.4, -0.2) is 93.0 Å². The summed E-state index contributed by atoms with van der Waals surface area (Å²) in [5.41, 5.74) is -1.90. The van der Waals surface area contributed by atoms with Gasteiger partial charge in [0, 0.05) is 18.3 Å². The topological polar surface area (TPSA) is 196 Å². The van der Waals surface area contributed by atoms with Crippen molar-refractivity contribution in [2.75, 3.05) is 18.6 Å². The number of carbonyl (C=O) groups excluding carboxylic acids is 5. The maximum absolute atomic E-state index is 13.5. The van der Waals surface area contributed by atoms with E-state index in [1.54, 1.807) is 19.9 Å². The first-order valence-electron chi connectivity index (χ1n) is 17.1. The van der Waals surface area contributed by atoms with Crippen LogP contribution in [0.4, 0.5) is 0 Å². The van der Waals surface area contributed by atoms with Crippen LogP contribution in [0.1, 0.15) is 91.9 Å². The number of aliphatic carboxylic acids is 1. The predicted octanol–water partition coefficient (Wildman–Crippen LogP) is 2.58. The summed E-state index contributed by atoms with van der Waals surface area (Å²) in [6, 6.07) is -2.11. The van der Waals surface area contributed by atoms with Gasteiger partial charge in [0.25, 0.3) is 0 Å². The number of Topliss-reactive ketones (excluding diaryl/α,β-unsaturated/α-hetero) is 1. The van der Waals surface area contributed by atoms with E-state index in [-0.39, 0.29) is 67.0 Å². The van der Waals surface area contributed by atoms with Crippen LogP contribution in [0, 0.1) is 34.5 Å². The van der Waals surface area contributed by atoms with E-state index in [0.717, 1.165) is 18.4 Å². The average molecular weight is 693 g/mol. The highest BCUT2D eigenvalue weighted by Gasteiger charge is 2.68. The summed E-state index contributed by atoms with van der Waals surface area (Å²) < 4.78 is 5.23. The van der Waals surface area contributed by atoms with Crippen molar-refractivity contribution >= 4 is 47.1 Å². The fraction of sp³-hybridized carbons (Fsp3) is 0.771. The van der Waals surface area contributed by atoms with Gasteiger partial charge in [-0.25, -0.2) is 4.79 Å². The predicted molar refractivity (Wildman–Crippen MR) is 178 cm³/mol. The van der Waals surface area contributed by atoms with Gasteiger partial charge in [0.05, 0.1) is 12.5 Å². The number of aliphatic hydroxyl groups excluding tert-OH is 1. The Morgan fingerprint density at radius 3 is 2.42 bits per heavy atom. The summed E-state index contributed by atoms with van der Waals surface area (Å²) in [6.45, 7) is 6.73. The van der Waals surface area contributed by atoms with E-state index >= 15 is 0 Å². The SMILES string of the molecule is CSCC[C@H](NC(=O)[C@H](NC(=O)CCC(=O)OCC(=O)[C@@]1(O)CC[C@@H]2[C@@H]3CCC4=CC(=O)CC[C@]4(C)[C@H]3[C@@H](O)C[C@@]21C)C(C)C)C(=O)O. The molecule has 4 rings (SSSR count). The lowest BCUT2D eigenvalue weighted by Gasteiger charge is -2.60. The third kappa shape index (κ3) is 7.38. The zero-order valence-corrected chi connectivity index (χ0v) is 29.5. The molecule has 4 aliphatic rings. The molecule has 0 aromatic heterocycles. The first-order chi connectivity index (χ1) is 22.5. The third-order valence-electron chi connectivity index (χ3n) is 11.9. The van der Waals surface area contributed by atoms with E-state index in [1.807, 2.05) is 13.2 Å². The quantitative estimate of drug-likeness (QED) is 0.168. The normalized spacial score (nSPS) is 33.8. The van der Waals surface area contributed by atoms with Crippen LogP contribution < -0.4 is 10.6 Å². The van der Waals surface area contributed by atoms with Crippen LogP contribution in [0.25, 0.3) is 0 Å². The summed E-state index contributed by atoms with van der Waals surface area (Å²) in [4.78, 5) is 75.3. The van der Waals surface area contributed by atoms with Gasteiger partial charge in [0.2, 0.25) is 17.6 Å². The number of ether oxygens (including phenoxy) is 1. The van der Waals surface area contributed by atoms with Gasteiger partial charge in [-0.2, -0.15) is 11.8 Å². The lowest BCUT2D eigenvalue weighted by molar-refractivity contribution is -0.184. The summed E-state index contributed by atoms with van der Waals surface area (Å²) in [6.07, 6.45) is 6.04. The molecule has 0 aromatic rings. The van der Waals surface area contributed by atoms with Crippen LogP contribution >= 0.6 is 11.8 Å². The van der Waals surface area contributed by atoms with E-state index in [4.69, 9.17) is 4.74 Å². The Balaban J connectivity index is 1.31. The minimum absolute atomic E-state index is 0.0161. The third-order valence-corrected chi connectivity index (χ3v) is 12.6. The molecular formula is C35H52N2O10S. The number of carboxylic acid groups (broad SMARTS) is 1. The monoisotopic (exact) mass is 692 g/mol. The van der Waals surface area contributed by atoms with Gasteiger partial charge in [-0.3, -0.25) is 24.0 Å². The average Bonchev–Trinajstić information content (AvgIpc) is 3.29. The van der Waals surface area contributed by atoms with Crippen molar-refractivity contribution in [3.63, 3.8) is 0 Å². The van der Waals surface area contributed by atoms with Gasteiger partial charge < -0.3 is 30.7 Å². The number of hydrogen-bond acceptors (Lipinski definition) is 10. The van der Waals surface area contributed by atoms with E-state index in [1.165, 1.54) is 11.8 Å². The molecule has 48 heavy (non-hydrogen) atoms. The molecule has 268 valence electrons. The number of aliphatic hydroxyl groups is 2. The van der Waals surface area contributed by atoms with Crippen molar-refractivity contribution in [3.8, 4) is 0 Å². The number of nitrogens with one attached hydrogen (secondary N) is 2. The molecule has 3 saturated carbocycles. The maximum Gasteiger partial charge on any atom is 0.326 e. The Morgan fingerprint density at radius 1 is 1.06 bits per heavy atom. The van der Waals surface area contributed by atoms with Crippen LogP contribution in [0.5, 0.6) is 0 Å². The van der Waals surface area contributed by atoms with Gasteiger partial charge in [0.15, 0.2) is 12.4 Å². The second-order valence-corrected chi connectivity index (χ2v) is 16.0. The molecule has 0 heterocycles. The van der Waals surface area contributed by atoms with Gasteiger partial charge >= 0.3 is 11.9 Å². The molecule has 0 bridgehead atoms. The van der Waals surface area contributed by atoms with E-state index in [2.05, 4.69) is 17.6 Å². The highest BCUT2D eigenvalue weighted by atomic mass is 32.2.